The van der Waals surface area contributed by atoms with E-state index in [4.69, 9.17) is 0 Å². The highest BCUT2D eigenvalue weighted by molar-refractivity contribution is 14.1. The van der Waals surface area contributed by atoms with Crippen LogP contribution in [0.1, 0.15) is 11.1 Å². The monoisotopic (exact) mass is 351 g/mol. The highest BCUT2D eigenvalue weighted by Crippen LogP contribution is 2.12. The smallest absolute Gasteiger partial charge is 0.228 e. The maximum absolute atomic E-state index is 11.9. The van der Waals surface area contributed by atoms with Gasteiger partial charge >= 0.3 is 0 Å². The summed E-state index contributed by atoms with van der Waals surface area (Å²) in [6.45, 7) is 2.03. The Labute approximate surface area is 121 Å². The van der Waals surface area contributed by atoms with Crippen LogP contribution in [-0.2, 0) is 11.2 Å². The van der Waals surface area contributed by atoms with Crippen LogP contribution in [0.4, 0.5) is 5.69 Å². The van der Waals surface area contributed by atoms with Gasteiger partial charge in [-0.05, 0) is 59.3 Å². The predicted molar refractivity (Wildman–Crippen MR) is 82.7 cm³/mol. The second-order valence-electron chi connectivity index (χ2n) is 4.22. The van der Waals surface area contributed by atoms with Gasteiger partial charge in [0.2, 0.25) is 5.91 Å². The molecule has 3 heteroatoms. The zero-order valence-electron chi connectivity index (χ0n) is 10.1. The van der Waals surface area contributed by atoms with Gasteiger partial charge in [-0.15, -0.1) is 0 Å². The Kier molecular flexibility index (Phi) is 4.36. The van der Waals surface area contributed by atoms with E-state index in [-0.39, 0.29) is 5.91 Å². The molecular weight excluding hydrogens is 337 g/mol. The molecule has 0 spiro atoms. The standard InChI is InChI=1S/C15H14INO/c1-11-3-2-4-12(9-11)10-15(18)17-14-7-5-13(16)6-8-14/h2-9H,10H2,1H3,(H,17,18). The molecule has 0 aromatic heterocycles. The lowest BCUT2D eigenvalue weighted by Crippen LogP contribution is -2.14. The lowest BCUT2D eigenvalue weighted by atomic mass is 10.1. The molecule has 0 fully saturated rings. The molecule has 2 aromatic carbocycles. The number of carbonyl (C=O) groups excluding carboxylic acids is 1. The summed E-state index contributed by atoms with van der Waals surface area (Å²) in [6.07, 6.45) is 0.410. The Balaban J connectivity index is 1.98. The Morgan fingerprint density at radius 2 is 1.89 bits per heavy atom. The normalized spacial score (nSPS) is 10.1. The number of hydrogen-bond donors (Lipinski definition) is 1. The number of hydrogen-bond acceptors (Lipinski definition) is 1. The van der Waals surface area contributed by atoms with Crippen LogP contribution in [0, 0.1) is 10.5 Å². The molecule has 0 saturated carbocycles. The van der Waals surface area contributed by atoms with Crippen molar-refractivity contribution in [2.75, 3.05) is 5.32 Å². The summed E-state index contributed by atoms with van der Waals surface area (Å²) in [5.74, 6) is 0.0156. The van der Waals surface area contributed by atoms with E-state index in [1.807, 2.05) is 55.5 Å². The number of amides is 1. The average Bonchev–Trinajstić information content (AvgIpc) is 2.32. The first kappa shape index (κ1) is 13.1. The van der Waals surface area contributed by atoms with E-state index in [0.717, 1.165) is 14.8 Å². The van der Waals surface area contributed by atoms with Crippen molar-refractivity contribution < 1.29 is 4.79 Å². The lowest BCUT2D eigenvalue weighted by Gasteiger charge is -2.06. The van der Waals surface area contributed by atoms with E-state index in [1.165, 1.54) is 5.56 Å². The fourth-order valence-corrected chi connectivity index (χ4v) is 2.11. The molecule has 0 radical (unpaired) electrons. The first-order valence-electron chi connectivity index (χ1n) is 5.74. The van der Waals surface area contributed by atoms with Gasteiger partial charge in [-0.1, -0.05) is 29.8 Å². The van der Waals surface area contributed by atoms with Gasteiger partial charge in [0.25, 0.3) is 0 Å². The van der Waals surface area contributed by atoms with E-state index < -0.39 is 0 Å². The van der Waals surface area contributed by atoms with Crippen molar-refractivity contribution in [2.45, 2.75) is 13.3 Å². The Hall–Kier alpha value is -1.36. The lowest BCUT2D eigenvalue weighted by molar-refractivity contribution is -0.115. The highest BCUT2D eigenvalue weighted by Gasteiger charge is 2.04. The number of benzene rings is 2. The molecule has 18 heavy (non-hydrogen) atoms. The predicted octanol–water partition coefficient (Wildman–Crippen LogP) is 3.78. The molecule has 0 unspecified atom stereocenters. The maximum Gasteiger partial charge on any atom is 0.228 e. The van der Waals surface area contributed by atoms with Crippen molar-refractivity contribution in [2.24, 2.45) is 0 Å². The molecule has 1 amide bonds. The molecule has 2 nitrogen and oxygen atoms in total. The van der Waals surface area contributed by atoms with E-state index in [9.17, 15) is 4.79 Å². The number of aryl methyl sites for hydroxylation is 1. The van der Waals surface area contributed by atoms with Crippen molar-refractivity contribution in [3.05, 3.63) is 63.2 Å². The molecule has 0 aliphatic rings. The van der Waals surface area contributed by atoms with Gasteiger partial charge in [0.1, 0.15) is 0 Å². The quantitative estimate of drug-likeness (QED) is 0.838. The van der Waals surface area contributed by atoms with Crippen LogP contribution in [0.5, 0.6) is 0 Å². The molecule has 1 N–H and O–H groups in total. The van der Waals surface area contributed by atoms with E-state index >= 15 is 0 Å². The SMILES string of the molecule is Cc1cccc(CC(=O)Nc2ccc(I)cc2)c1. The summed E-state index contributed by atoms with van der Waals surface area (Å²) in [6, 6.07) is 15.8. The summed E-state index contributed by atoms with van der Waals surface area (Å²) in [7, 11) is 0. The summed E-state index contributed by atoms with van der Waals surface area (Å²) < 4.78 is 1.16. The van der Waals surface area contributed by atoms with E-state index in [2.05, 4.69) is 27.9 Å². The summed E-state index contributed by atoms with van der Waals surface area (Å²) in [5.41, 5.74) is 3.06. The van der Waals surface area contributed by atoms with E-state index in [0.29, 0.717) is 6.42 Å². The molecule has 2 rings (SSSR count). The largest absolute Gasteiger partial charge is 0.326 e. The number of rotatable bonds is 3. The molecule has 0 saturated heterocycles. The Morgan fingerprint density at radius 1 is 1.17 bits per heavy atom. The fourth-order valence-electron chi connectivity index (χ4n) is 1.75. The average molecular weight is 351 g/mol. The van der Waals surface area contributed by atoms with Crippen LogP contribution >= 0.6 is 22.6 Å². The fraction of sp³-hybridized carbons (Fsp3) is 0.133. The molecule has 0 heterocycles. The third-order valence-electron chi connectivity index (χ3n) is 2.58. The van der Waals surface area contributed by atoms with Crippen LogP contribution in [0.3, 0.4) is 0 Å². The minimum Gasteiger partial charge on any atom is -0.326 e. The van der Waals surface area contributed by atoms with Crippen molar-refractivity contribution >= 4 is 34.2 Å². The molecule has 0 atom stereocenters. The molecular formula is C15H14INO. The van der Waals surface area contributed by atoms with Gasteiger partial charge in [-0.3, -0.25) is 4.79 Å². The van der Waals surface area contributed by atoms with Gasteiger partial charge in [0, 0.05) is 9.26 Å². The Morgan fingerprint density at radius 3 is 2.56 bits per heavy atom. The highest BCUT2D eigenvalue weighted by atomic mass is 127. The first-order valence-corrected chi connectivity index (χ1v) is 6.82. The van der Waals surface area contributed by atoms with Crippen LogP contribution in [-0.4, -0.2) is 5.91 Å². The minimum atomic E-state index is 0.0156. The van der Waals surface area contributed by atoms with E-state index in [1.54, 1.807) is 0 Å². The first-order chi connectivity index (χ1) is 8.63. The van der Waals surface area contributed by atoms with Crippen LogP contribution in [0.25, 0.3) is 0 Å². The van der Waals surface area contributed by atoms with Crippen molar-refractivity contribution in [3.8, 4) is 0 Å². The number of nitrogens with one attached hydrogen (secondary N) is 1. The van der Waals surface area contributed by atoms with Crippen LogP contribution in [0.2, 0.25) is 0 Å². The second kappa shape index (κ2) is 6.00. The van der Waals surface area contributed by atoms with Crippen molar-refractivity contribution in [1.29, 1.82) is 0 Å². The zero-order chi connectivity index (χ0) is 13.0. The number of anilines is 1. The zero-order valence-corrected chi connectivity index (χ0v) is 12.3. The molecule has 0 aliphatic heterocycles. The molecule has 0 bridgehead atoms. The second-order valence-corrected chi connectivity index (χ2v) is 5.47. The number of halogens is 1. The Bertz CT molecular complexity index is 549. The summed E-state index contributed by atoms with van der Waals surface area (Å²) in [5, 5.41) is 2.89. The van der Waals surface area contributed by atoms with Crippen LogP contribution in [0.15, 0.2) is 48.5 Å². The van der Waals surface area contributed by atoms with Crippen molar-refractivity contribution in [1.82, 2.24) is 0 Å². The summed E-state index contributed by atoms with van der Waals surface area (Å²) in [4.78, 5) is 11.9. The van der Waals surface area contributed by atoms with Crippen molar-refractivity contribution in [3.63, 3.8) is 0 Å². The minimum absolute atomic E-state index is 0.0156. The summed E-state index contributed by atoms with van der Waals surface area (Å²) >= 11 is 2.24. The molecule has 2 aromatic rings. The van der Waals surface area contributed by atoms with Crippen LogP contribution < -0.4 is 5.32 Å². The van der Waals surface area contributed by atoms with Gasteiger partial charge in [-0.25, -0.2) is 0 Å². The van der Waals surface area contributed by atoms with Gasteiger partial charge in [-0.2, -0.15) is 0 Å². The number of carbonyl (C=O) groups is 1. The topological polar surface area (TPSA) is 29.1 Å². The third kappa shape index (κ3) is 3.84. The van der Waals surface area contributed by atoms with Gasteiger partial charge in [0.05, 0.1) is 6.42 Å². The third-order valence-corrected chi connectivity index (χ3v) is 3.29. The maximum atomic E-state index is 11.9. The molecule has 0 aliphatic carbocycles. The van der Waals surface area contributed by atoms with Gasteiger partial charge in [0.15, 0.2) is 0 Å². The molecule has 92 valence electrons. The van der Waals surface area contributed by atoms with Gasteiger partial charge < -0.3 is 5.32 Å².